The number of nitrogens with one attached hydrogen (secondary N) is 2. The summed E-state index contributed by atoms with van der Waals surface area (Å²) < 4.78 is 10.4. The Balaban J connectivity index is 0.00000529. The number of nitrogens with zero attached hydrogens (tertiary/aromatic N) is 1. The lowest BCUT2D eigenvalue weighted by molar-refractivity contribution is 0.0698. The topological polar surface area (TPSA) is 54.9 Å². The average molecular weight is 449 g/mol. The fourth-order valence-corrected chi connectivity index (χ4v) is 2.11. The number of rotatable bonds is 10. The standard InChI is InChI=1S/C18H31N3O2.HI/c1-15-6-8-17(9-7-15)16(2)14-21-18(19-3)20-10-5-11-23-13-12-22-4;/h6-9,16H,5,10-14H2,1-4H3,(H2,19,20,21);1H. The fraction of sp³-hybridized carbons (Fsp3) is 0.611. The van der Waals surface area contributed by atoms with Gasteiger partial charge in [-0.2, -0.15) is 0 Å². The fourth-order valence-electron chi connectivity index (χ4n) is 2.11. The normalized spacial score (nSPS) is 12.4. The lowest BCUT2D eigenvalue weighted by atomic mass is 10.0. The number of methoxy groups -OCH3 is 1. The van der Waals surface area contributed by atoms with Crippen molar-refractivity contribution in [3.63, 3.8) is 0 Å². The van der Waals surface area contributed by atoms with Gasteiger partial charge in [0.15, 0.2) is 5.96 Å². The Hall–Kier alpha value is -0.860. The molecule has 1 aromatic rings. The zero-order valence-electron chi connectivity index (χ0n) is 15.3. The van der Waals surface area contributed by atoms with Crippen molar-refractivity contribution < 1.29 is 9.47 Å². The number of hydrogen-bond acceptors (Lipinski definition) is 3. The first-order valence-electron chi connectivity index (χ1n) is 8.25. The molecule has 0 saturated carbocycles. The lowest BCUT2D eigenvalue weighted by Crippen LogP contribution is -2.39. The maximum absolute atomic E-state index is 5.43. The first-order chi connectivity index (χ1) is 11.2. The molecule has 0 aliphatic rings. The molecule has 5 nitrogen and oxygen atoms in total. The molecule has 0 aliphatic heterocycles. The van der Waals surface area contributed by atoms with Crippen LogP contribution in [0.5, 0.6) is 0 Å². The molecule has 0 bridgehead atoms. The molecule has 0 radical (unpaired) electrons. The predicted molar refractivity (Wildman–Crippen MR) is 112 cm³/mol. The SMILES string of the molecule is CN=C(NCCCOCCOC)NCC(C)c1ccc(C)cc1.I. The molecule has 0 spiro atoms. The van der Waals surface area contributed by atoms with Crippen LogP contribution in [0.25, 0.3) is 0 Å². The highest BCUT2D eigenvalue weighted by Gasteiger charge is 2.06. The summed E-state index contributed by atoms with van der Waals surface area (Å²) in [6, 6.07) is 8.69. The maximum atomic E-state index is 5.43. The van der Waals surface area contributed by atoms with Gasteiger partial charge in [-0.25, -0.2) is 0 Å². The molecular weight excluding hydrogens is 417 g/mol. The van der Waals surface area contributed by atoms with Crippen LogP contribution in [0.15, 0.2) is 29.3 Å². The van der Waals surface area contributed by atoms with E-state index in [9.17, 15) is 0 Å². The molecule has 0 heterocycles. The van der Waals surface area contributed by atoms with E-state index in [1.807, 2.05) is 0 Å². The van der Waals surface area contributed by atoms with E-state index in [0.717, 1.165) is 32.1 Å². The summed E-state index contributed by atoms with van der Waals surface area (Å²) in [4.78, 5) is 4.25. The van der Waals surface area contributed by atoms with Crippen molar-refractivity contribution in [2.24, 2.45) is 4.99 Å². The Labute approximate surface area is 163 Å². The van der Waals surface area contributed by atoms with Gasteiger partial charge in [0, 0.05) is 33.9 Å². The summed E-state index contributed by atoms with van der Waals surface area (Å²) in [6.07, 6.45) is 0.942. The number of guanidine groups is 1. The number of benzene rings is 1. The van der Waals surface area contributed by atoms with Gasteiger partial charge in [-0.05, 0) is 24.8 Å². The van der Waals surface area contributed by atoms with Crippen LogP contribution in [0, 0.1) is 6.92 Å². The van der Waals surface area contributed by atoms with Crippen molar-refractivity contribution in [2.45, 2.75) is 26.2 Å². The van der Waals surface area contributed by atoms with Crippen LogP contribution in [-0.4, -0.2) is 53.0 Å². The third-order valence-electron chi connectivity index (χ3n) is 3.64. The Morgan fingerprint density at radius 2 is 1.83 bits per heavy atom. The second-order valence-electron chi connectivity index (χ2n) is 5.65. The summed E-state index contributed by atoms with van der Waals surface area (Å²) in [5.41, 5.74) is 2.63. The lowest BCUT2D eigenvalue weighted by Gasteiger charge is -2.16. The minimum absolute atomic E-state index is 0. The number of aliphatic imine (C=N–C) groups is 1. The summed E-state index contributed by atoms with van der Waals surface area (Å²) >= 11 is 0. The van der Waals surface area contributed by atoms with Crippen LogP contribution in [0.4, 0.5) is 0 Å². The number of halogens is 1. The molecule has 0 fully saturated rings. The molecule has 24 heavy (non-hydrogen) atoms. The van der Waals surface area contributed by atoms with Crippen molar-refractivity contribution >= 4 is 29.9 Å². The Bertz CT molecular complexity index is 452. The van der Waals surface area contributed by atoms with E-state index in [1.54, 1.807) is 14.2 Å². The Morgan fingerprint density at radius 3 is 2.46 bits per heavy atom. The van der Waals surface area contributed by atoms with Crippen molar-refractivity contribution in [3.05, 3.63) is 35.4 Å². The molecule has 1 atom stereocenters. The van der Waals surface area contributed by atoms with Gasteiger partial charge in [0.25, 0.3) is 0 Å². The third kappa shape index (κ3) is 10.1. The molecule has 0 amide bonds. The van der Waals surface area contributed by atoms with E-state index in [-0.39, 0.29) is 24.0 Å². The molecule has 138 valence electrons. The zero-order chi connectivity index (χ0) is 16.9. The van der Waals surface area contributed by atoms with E-state index in [4.69, 9.17) is 9.47 Å². The van der Waals surface area contributed by atoms with Crippen LogP contribution in [0.2, 0.25) is 0 Å². The van der Waals surface area contributed by atoms with Gasteiger partial charge in [-0.3, -0.25) is 4.99 Å². The van der Waals surface area contributed by atoms with Crippen LogP contribution in [-0.2, 0) is 9.47 Å². The highest BCUT2D eigenvalue weighted by molar-refractivity contribution is 14.0. The minimum Gasteiger partial charge on any atom is -0.382 e. The molecule has 1 rings (SSSR count). The predicted octanol–water partition coefficient (Wildman–Crippen LogP) is 2.93. The van der Waals surface area contributed by atoms with Gasteiger partial charge in [-0.1, -0.05) is 36.8 Å². The van der Waals surface area contributed by atoms with Crippen molar-refractivity contribution in [3.8, 4) is 0 Å². The first kappa shape index (κ1) is 23.1. The van der Waals surface area contributed by atoms with Crippen molar-refractivity contribution in [2.75, 3.05) is 47.1 Å². The van der Waals surface area contributed by atoms with E-state index in [1.165, 1.54) is 11.1 Å². The summed E-state index contributed by atoms with van der Waals surface area (Å²) in [7, 11) is 3.47. The number of aryl methyl sites for hydroxylation is 1. The van der Waals surface area contributed by atoms with Crippen LogP contribution < -0.4 is 10.6 Å². The average Bonchev–Trinajstić information content (AvgIpc) is 2.57. The van der Waals surface area contributed by atoms with E-state index < -0.39 is 0 Å². The van der Waals surface area contributed by atoms with E-state index in [2.05, 4.69) is 53.7 Å². The van der Waals surface area contributed by atoms with Crippen LogP contribution >= 0.6 is 24.0 Å². The maximum Gasteiger partial charge on any atom is 0.190 e. The Kier molecular flexibility index (Phi) is 14.0. The first-order valence-corrected chi connectivity index (χ1v) is 8.25. The Morgan fingerprint density at radius 1 is 1.12 bits per heavy atom. The summed E-state index contributed by atoms with van der Waals surface area (Å²) in [5.74, 6) is 1.27. The van der Waals surface area contributed by atoms with Gasteiger partial charge in [0.05, 0.1) is 13.2 Å². The monoisotopic (exact) mass is 449 g/mol. The molecular formula is C18H32IN3O2. The smallest absolute Gasteiger partial charge is 0.190 e. The van der Waals surface area contributed by atoms with E-state index in [0.29, 0.717) is 19.1 Å². The molecule has 1 unspecified atom stereocenters. The van der Waals surface area contributed by atoms with Gasteiger partial charge < -0.3 is 20.1 Å². The molecule has 0 aliphatic carbocycles. The third-order valence-corrected chi connectivity index (χ3v) is 3.64. The minimum atomic E-state index is 0. The molecule has 1 aromatic carbocycles. The molecule has 6 heteroatoms. The number of ether oxygens (including phenoxy) is 2. The second kappa shape index (κ2) is 14.5. The molecule has 2 N–H and O–H groups in total. The highest BCUT2D eigenvalue weighted by Crippen LogP contribution is 2.14. The second-order valence-corrected chi connectivity index (χ2v) is 5.65. The van der Waals surface area contributed by atoms with Gasteiger partial charge >= 0.3 is 0 Å². The summed E-state index contributed by atoms with van der Waals surface area (Å²) in [6.45, 7) is 8.04. The van der Waals surface area contributed by atoms with Crippen molar-refractivity contribution in [1.29, 1.82) is 0 Å². The van der Waals surface area contributed by atoms with Crippen LogP contribution in [0.3, 0.4) is 0 Å². The largest absolute Gasteiger partial charge is 0.382 e. The van der Waals surface area contributed by atoms with Crippen LogP contribution in [0.1, 0.15) is 30.4 Å². The molecule has 0 saturated heterocycles. The van der Waals surface area contributed by atoms with Gasteiger partial charge in [-0.15, -0.1) is 24.0 Å². The molecule has 0 aromatic heterocycles. The zero-order valence-corrected chi connectivity index (χ0v) is 17.6. The van der Waals surface area contributed by atoms with Crippen molar-refractivity contribution in [1.82, 2.24) is 10.6 Å². The number of hydrogen-bond donors (Lipinski definition) is 2. The summed E-state index contributed by atoms with van der Waals surface area (Å²) in [5, 5.41) is 6.68. The van der Waals surface area contributed by atoms with Gasteiger partial charge in [0.1, 0.15) is 0 Å². The van der Waals surface area contributed by atoms with E-state index >= 15 is 0 Å². The highest BCUT2D eigenvalue weighted by atomic mass is 127. The van der Waals surface area contributed by atoms with Gasteiger partial charge in [0.2, 0.25) is 0 Å². The quantitative estimate of drug-likeness (QED) is 0.250.